The Hall–Kier alpha value is -2.74. The van der Waals surface area contributed by atoms with E-state index >= 15 is 0 Å². The Balaban J connectivity index is 1.69. The SMILES string of the molecule is CCc1nn2c(=O)cc(COC(=O)c3cccc(OCC(C)C)c3)nc2s1. The van der Waals surface area contributed by atoms with Gasteiger partial charge in [-0.25, -0.2) is 9.78 Å². The molecule has 1 aromatic carbocycles. The molecule has 0 saturated carbocycles. The van der Waals surface area contributed by atoms with Crippen molar-refractivity contribution in [1.82, 2.24) is 14.6 Å². The highest BCUT2D eigenvalue weighted by molar-refractivity contribution is 7.16. The zero-order valence-corrected chi connectivity index (χ0v) is 16.3. The quantitative estimate of drug-likeness (QED) is 0.579. The monoisotopic (exact) mass is 387 g/mol. The lowest BCUT2D eigenvalue weighted by molar-refractivity contribution is 0.0467. The maximum atomic E-state index is 12.3. The van der Waals surface area contributed by atoms with Crippen LogP contribution >= 0.6 is 11.3 Å². The van der Waals surface area contributed by atoms with Crippen molar-refractivity contribution in [3.63, 3.8) is 0 Å². The second-order valence-corrected chi connectivity index (χ2v) is 7.48. The molecule has 8 heteroatoms. The fraction of sp³-hybridized carbons (Fsp3) is 0.368. The Morgan fingerprint density at radius 3 is 2.85 bits per heavy atom. The van der Waals surface area contributed by atoms with Crippen molar-refractivity contribution in [2.75, 3.05) is 6.61 Å². The van der Waals surface area contributed by atoms with Gasteiger partial charge in [0, 0.05) is 6.07 Å². The molecule has 2 aromatic heterocycles. The lowest BCUT2D eigenvalue weighted by Crippen LogP contribution is -2.16. The maximum Gasteiger partial charge on any atom is 0.338 e. The van der Waals surface area contributed by atoms with Gasteiger partial charge in [0.2, 0.25) is 4.96 Å². The third-order valence-electron chi connectivity index (χ3n) is 3.65. The second-order valence-electron chi connectivity index (χ2n) is 6.44. The van der Waals surface area contributed by atoms with Crippen LogP contribution in [-0.4, -0.2) is 27.2 Å². The standard InChI is InChI=1S/C19H21N3O4S/c1-4-16-21-22-17(23)9-14(20-19(22)27-16)11-26-18(24)13-6-5-7-15(8-13)25-10-12(2)3/h5-9,12H,4,10-11H2,1-3H3. The molecule has 0 aliphatic rings. The molecule has 0 amide bonds. The Labute approximate surface area is 160 Å². The number of aryl methyl sites for hydroxylation is 1. The smallest absolute Gasteiger partial charge is 0.338 e. The largest absolute Gasteiger partial charge is 0.493 e. The van der Waals surface area contributed by atoms with E-state index in [0.29, 0.717) is 34.5 Å². The second kappa shape index (κ2) is 8.30. The van der Waals surface area contributed by atoms with Gasteiger partial charge in [0.25, 0.3) is 5.56 Å². The number of esters is 1. The minimum Gasteiger partial charge on any atom is -0.493 e. The number of fused-ring (bicyclic) bond motifs is 1. The molecule has 0 aliphatic heterocycles. The number of ether oxygens (including phenoxy) is 2. The topological polar surface area (TPSA) is 82.8 Å². The number of rotatable bonds is 7. The minimum absolute atomic E-state index is 0.0823. The van der Waals surface area contributed by atoms with E-state index in [1.54, 1.807) is 24.3 Å². The summed E-state index contributed by atoms with van der Waals surface area (Å²) >= 11 is 1.35. The number of nitrogens with zero attached hydrogens (tertiary/aromatic N) is 3. The van der Waals surface area contributed by atoms with Crippen LogP contribution in [-0.2, 0) is 17.8 Å². The summed E-state index contributed by atoms with van der Waals surface area (Å²) in [5, 5.41) is 5.02. The van der Waals surface area contributed by atoms with Crippen LogP contribution in [0.15, 0.2) is 35.1 Å². The molecule has 2 heterocycles. The lowest BCUT2D eigenvalue weighted by Gasteiger charge is -2.10. The molecule has 0 N–H and O–H groups in total. The normalized spacial score (nSPS) is 11.1. The van der Waals surface area contributed by atoms with Crippen LogP contribution in [0, 0.1) is 5.92 Å². The van der Waals surface area contributed by atoms with Crippen molar-refractivity contribution in [3.8, 4) is 5.75 Å². The summed E-state index contributed by atoms with van der Waals surface area (Å²) in [4.78, 5) is 29.3. The van der Waals surface area contributed by atoms with Crippen LogP contribution in [0.2, 0.25) is 0 Å². The molecule has 0 saturated heterocycles. The summed E-state index contributed by atoms with van der Waals surface area (Å²) in [6.45, 7) is 6.56. The van der Waals surface area contributed by atoms with Gasteiger partial charge in [0.15, 0.2) is 0 Å². The molecule has 0 bridgehead atoms. The van der Waals surface area contributed by atoms with Crippen LogP contribution in [0.3, 0.4) is 0 Å². The highest BCUT2D eigenvalue weighted by Crippen LogP contribution is 2.16. The molecule has 0 aliphatic carbocycles. The molecular weight excluding hydrogens is 366 g/mol. The Morgan fingerprint density at radius 1 is 1.30 bits per heavy atom. The van der Waals surface area contributed by atoms with Gasteiger partial charge in [-0.05, 0) is 30.5 Å². The van der Waals surface area contributed by atoms with E-state index in [1.807, 2.05) is 6.92 Å². The molecule has 0 spiro atoms. The summed E-state index contributed by atoms with van der Waals surface area (Å²) in [7, 11) is 0. The van der Waals surface area contributed by atoms with E-state index in [9.17, 15) is 9.59 Å². The minimum atomic E-state index is -0.495. The third kappa shape index (κ3) is 4.71. The van der Waals surface area contributed by atoms with Gasteiger partial charge in [0.1, 0.15) is 17.4 Å². The van der Waals surface area contributed by atoms with E-state index in [2.05, 4.69) is 23.9 Å². The fourth-order valence-electron chi connectivity index (χ4n) is 2.31. The Bertz CT molecular complexity index is 1010. The molecule has 0 unspecified atom stereocenters. The van der Waals surface area contributed by atoms with Gasteiger partial charge in [-0.3, -0.25) is 4.79 Å². The Kier molecular flexibility index (Phi) is 5.85. The first-order valence-corrected chi connectivity index (χ1v) is 9.56. The van der Waals surface area contributed by atoms with Crippen LogP contribution in [0.25, 0.3) is 4.96 Å². The maximum absolute atomic E-state index is 12.3. The molecule has 142 valence electrons. The van der Waals surface area contributed by atoms with Crippen LogP contribution < -0.4 is 10.3 Å². The summed E-state index contributed by atoms with van der Waals surface area (Å²) < 4.78 is 12.2. The summed E-state index contributed by atoms with van der Waals surface area (Å²) in [5.41, 5.74) is 0.498. The van der Waals surface area contributed by atoms with E-state index < -0.39 is 5.97 Å². The predicted molar refractivity (Wildman–Crippen MR) is 102 cm³/mol. The van der Waals surface area contributed by atoms with Gasteiger partial charge >= 0.3 is 5.97 Å². The van der Waals surface area contributed by atoms with Crippen molar-refractivity contribution in [2.45, 2.75) is 33.8 Å². The van der Waals surface area contributed by atoms with Crippen LogP contribution in [0.5, 0.6) is 5.75 Å². The van der Waals surface area contributed by atoms with Gasteiger partial charge in [-0.1, -0.05) is 38.2 Å². The van der Waals surface area contributed by atoms with Crippen LogP contribution in [0.4, 0.5) is 0 Å². The fourth-order valence-corrected chi connectivity index (χ4v) is 3.17. The van der Waals surface area contributed by atoms with Gasteiger partial charge in [-0.2, -0.15) is 9.61 Å². The summed E-state index contributed by atoms with van der Waals surface area (Å²) in [6, 6.07) is 8.18. The lowest BCUT2D eigenvalue weighted by atomic mass is 10.2. The molecule has 3 aromatic rings. The van der Waals surface area contributed by atoms with Gasteiger partial charge in [-0.15, -0.1) is 0 Å². The van der Waals surface area contributed by atoms with E-state index in [-0.39, 0.29) is 12.2 Å². The van der Waals surface area contributed by atoms with Crippen molar-refractivity contribution >= 4 is 22.3 Å². The average molecular weight is 387 g/mol. The first-order chi connectivity index (χ1) is 13.0. The predicted octanol–water partition coefficient (Wildman–Crippen LogP) is 3.11. The van der Waals surface area contributed by atoms with E-state index in [1.165, 1.54) is 21.9 Å². The molecule has 27 heavy (non-hydrogen) atoms. The zero-order valence-electron chi connectivity index (χ0n) is 15.5. The number of hydrogen-bond acceptors (Lipinski definition) is 7. The van der Waals surface area contributed by atoms with Gasteiger partial charge < -0.3 is 9.47 Å². The first-order valence-electron chi connectivity index (χ1n) is 8.75. The molecule has 3 rings (SSSR count). The number of hydrogen-bond donors (Lipinski definition) is 0. The Morgan fingerprint density at radius 2 is 2.11 bits per heavy atom. The number of aromatic nitrogens is 3. The molecule has 0 radical (unpaired) electrons. The van der Waals surface area contributed by atoms with Crippen molar-refractivity contribution in [2.24, 2.45) is 5.92 Å². The average Bonchev–Trinajstić information content (AvgIpc) is 3.08. The van der Waals surface area contributed by atoms with E-state index in [0.717, 1.165) is 11.4 Å². The molecular formula is C19H21N3O4S. The molecule has 0 atom stereocenters. The van der Waals surface area contributed by atoms with Crippen molar-refractivity contribution in [3.05, 3.63) is 57.0 Å². The highest BCUT2D eigenvalue weighted by atomic mass is 32.1. The molecule has 7 nitrogen and oxygen atoms in total. The summed E-state index contributed by atoms with van der Waals surface area (Å²) in [5.74, 6) is 0.513. The molecule has 0 fully saturated rings. The van der Waals surface area contributed by atoms with Crippen LogP contribution in [0.1, 0.15) is 41.8 Å². The zero-order chi connectivity index (χ0) is 19.4. The number of carbonyl (C=O) groups excluding carboxylic acids is 1. The van der Waals surface area contributed by atoms with Gasteiger partial charge in [0.05, 0.1) is 17.9 Å². The van der Waals surface area contributed by atoms with Crippen molar-refractivity contribution in [1.29, 1.82) is 0 Å². The van der Waals surface area contributed by atoms with E-state index in [4.69, 9.17) is 9.47 Å². The highest BCUT2D eigenvalue weighted by Gasteiger charge is 2.12. The number of carbonyl (C=O) groups is 1. The summed E-state index contributed by atoms with van der Waals surface area (Å²) in [6.07, 6.45) is 0.729. The third-order valence-corrected chi connectivity index (χ3v) is 4.70. The van der Waals surface area contributed by atoms with Crippen molar-refractivity contribution < 1.29 is 14.3 Å². The number of benzene rings is 1. The first kappa shape index (κ1) is 19.0.